The van der Waals surface area contributed by atoms with Gasteiger partial charge in [0.25, 0.3) is 0 Å². The number of quaternary nitrogens is 1. The lowest BCUT2D eigenvalue weighted by molar-refractivity contribution is -0.917. The molecule has 1 nitrogen and oxygen atoms in total. The third-order valence-electron chi connectivity index (χ3n) is 3.93. The molecular formula is C16H32BrN. The molecule has 0 aromatic carbocycles. The maximum atomic E-state index is 2.45. The Morgan fingerprint density at radius 3 is 1.78 bits per heavy atom. The minimum atomic E-state index is 0. The summed E-state index contributed by atoms with van der Waals surface area (Å²) < 4.78 is 1.22. The van der Waals surface area contributed by atoms with Gasteiger partial charge in [0.15, 0.2) is 0 Å². The van der Waals surface area contributed by atoms with Crippen molar-refractivity contribution in [2.75, 3.05) is 26.2 Å². The maximum absolute atomic E-state index is 2.45. The van der Waals surface area contributed by atoms with Crippen LogP contribution in [0.2, 0.25) is 0 Å². The number of allylic oxidation sites excluding steroid dienone is 3. The fourth-order valence-corrected chi connectivity index (χ4v) is 2.10. The van der Waals surface area contributed by atoms with Crippen LogP contribution in [-0.2, 0) is 0 Å². The van der Waals surface area contributed by atoms with Crippen LogP contribution < -0.4 is 17.0 Å². The summed E-state index contributed by atoms with van der Waals surface area (Å²) in [4.78, 5) is 0. The van der Waals surface area contributed by atoms with Crippen LogP contribution >= 0.6 is 0 Å². The minimum absolute atomic E-state index is 0. The Morgan fingerprint density at radius 1 is 0.889 bits per heavy atom. The smallest absolute Gasteiger partial charge is 0.0976 e. The van der Waals surface area contributed by atoms with Gasteiger partial charge in [0.1, 0.15) is 0 Å². The summed E-state index contributed by atoms with van der Waals surface area (Å²) >= 11 is 0. The Labute approximate surface area is 125 Å². The molecule has 0 bridgehead atoms. The van der Waals surface area contributed by atoms with Crippen molar-refractivity contribution in [1.29, 1.82) is 0 Å². The molecule has 0 aromatic heterocycles. The second kappa shape index (κ2) is 10.8. The molecule has 0 aliphatic carbocycles. The molecule has 0 rings (SSSR count). The highest BCUT2D eigenvalue weighted by molar-refractivity contribution is 5.02. The summed E-state index contributed by atoms with van der Waals surface area (Å²) in [7, 11) is 0. The van der Waals surface area contributed by atoms with Crippen molar-refractivity contribution in [2.24, 2.45) is 0 Å². The van der Waals surface area contributed by atoms with Crippen LogP contribution in [-0.4, -0.2) is 30.7 Å². The average molecular weight is 318 g/mol. The van der Waals surface area contributed by atoms with Crippen LogP contribution in [0.5, 0.6) is 0 Å². The summed E-state index contributed by atoms with van der Waals surface area (Å²) in [5.74, 6) is 0. The lowest BCUT2D eigenvalue weighted by Crippen LogP contribution is -3.00. The third-order valence-corrected chi connectivity index (χ3v) is 3.93. The van der Waals surface area contributed by atoms with E-state index in [1.165, 1.54) is 49.1 Å². The van der Waals surface area contributed by atoms with Crippen LogP contribution in [0.1, 0.15) is 54.4 Å². The molecule has 0 aliphatic rings. The Kier molecular flexibility index (Phi) is 12.2. The van der Waals surface area contributed by atoms with E-state index < -0.39 is 0 Å². The van der Waals surface area contributed by atoms with Gasteiger partial charge in [-0.25, -0.2) is 0 Å². The quantitative estimate of drug-likeness (QED) is 0.471. The first-order chi connectivity index (χ1) is 7.99. The van der Waals surface area contributed by atoms with Crippen molar-refractivity contribution in [2.45, 2.75) is 54.4 Å². The van der Waals surface area contributed by atoms with E-state index in [4.69, 9.17) is 0 Å². The van der Waals surface area contributed by atoms with E-state index in [-0.39, 0.29) is 17.0 Å². The van der Waals surface area contributed by atoms with Crippen molar-refractivity contribution in [3.8, 4) is 0 Å². The topological polar surface area (TPSA) is 0 Å². The minimum Gasteiger partial charge on any atom is -1.00 e. The van der Waals surface area contributed by atoms with Crippen LogP contribution in [0, 0.1) is 0 Å². The van der Waals surface area contributed by atoms with E-state index in [1.54, 1.807) is 5.57 Å². The molecule has 0 aromatic rings. The number of hydrogen-bond acceptors (Lipinski definition) is 0. The number of rotatable bonds is 8. The predicted molar refractivity (Wildman–Crippen MR) is 79.2 cm³/mol. The Morgan fingerprint density at radius 2 is 1.39 bits per heavy atom. The number of likely N-dealkylation sites (N-methyl/N-ethyl adjacent to an activating group) is 1. The van der Waals surface area contributed by atoms with Gasteiger partial charge in [-0.1, -0.05) is 17.2 Å². The first-order valence-electron chi connectivity index (χ1n) is 7.13. The van der Waals surface area contributed by atoms with Crippen molar-refractivity contribution >= 4 is 0 Å². The average Bonchev–Trinajstić information content (AvgIpc) is 2.31. The number of hydrogen-bond donors (Lipinski definition) is 0. The van der Waals surface area contributed by atoms with Crippen LogP contribution in [0.4, 0.5) is 0 Å². The van der Waals surface area contributed by atoms with Crippen LogP contribution in [0.25, 0.3) is 0 Å². The fraction of sp³-hybridized carbons (Fsp3) is 0.750. The van der Waals surface area contributed by atoms with Gasteiger partial charge in [-0.05, 0) is 60.5 Å². The Balaban J connectivity index is 0. The zero-order chi connectivity index (χ0) is 13.3. The highest BCUT2D eigenvalue weighted by Crippen LogP contribution is 2.11. The first kappa shape index (κ1) is 20.2. The zero-order valence-electron chi connectivity index (χ0n) is 13.2. The molecule has 0 heterocycles. The van der Waals surface area contributed by atoms with Gasteiger partial charge in [-0.15, -0.1) is 0 Å². The van der Waals surface area contributed by atoms with Crippen LogP contribution in [0.15, 0.2) is 23.3 Å². The fourth-order valence-electron chi connectivity index (χ4n) is 2.10. The van der Waals surface area contributed by atoms with E-state index in [9.17, 15) is 0 Å². The van der Waals surface area contributed by atoms with E-state index >= 15 is 0 Å². The molecule has 0 unspecified atom stereocenters. The van der Waals surface area contributed by atoms with Gasteiger partial charge in [0.05, 0.1) is 26.2 Å². The monoisotopic (exact) mass is 317 g/mol. The molecule has 0 atom stereocenters. The van der Waals surface area contributed by atoms with Gasteiger partial charge in [0.2, 0.25) is 0 Å². The molecule has 0 saturated heterocycles. The molecule has 0 N–H and O–H groups in total. The Hall–Kier alpha value is -0.0800. The van der Waals surface area contributed by atoms with Crippen molar-refractivity contribution in [3.63, 3.8) is 0 Å². The van der Waals surface area contributed by atoms with Gasteiger partial charge in [-0.2, -0.15) is 0 Å². The van der Waals surface area contributed by atoms with Gasteiger partial charge in [-0.3, -0.25) is 0 Å². The number of nitrogens with zero attached hydrogens (tertiary/aromatic N) is 1. The molecule has 2 heteroatoms. The van der Waals surface area contributed by atoms with Crippen molar-refractivity contribution < 1.29 is 21.5 Å². The predicted octanol–water partition coefficient (Wildman–Crippen LogP) is 1.56. The third kappa shape index (κ3) is 8.10. The lowest BCUT2D eigenvalue weighted by Gasteiger charge is -2.34. The van der Waals surface area contributed by atoms with Gasteiger partial charge >= 0.3 is 0 Å². The van der Waals surface area contributed by atoms with E-state index in [2.05, 4.69) is 53.7 Å². The second-order valence-electron chi connectivity index (χ2n) is 5.34. The SMILES string of the molecule is CC[N+](CC)(CC)C/C=C(/C)CCC=C(C)C.[Br-]. The molecule has 0 spiro atoms. The summed E-state index contributed by atoms with van der Waals surface area (Å²) in [5, 5.41) is 0. The highest BCUT2D eigenvalue weighted by atomic mass is 79.9. The normalized spacial score (nSPS) is 12.0. The zero-order valence-corrected chi connectivity index (χ0v) is 14.8. The molecule has 0 saturated carbocycles. The molecule has 0 aliphatic heterocycles. The van der Waals surface area contributed by atoms with Crippen LogP contribution in [0.3, 0.4) is 0 Å². The van der Waals surface area contributed by atoms with Crippen molar-refractivity contribution in [3.05, 3.63) is 23.3 Å². The molecule has 0 radical (unpaired) electrons. The maximum Gasteiger partial charge on any atom is 0.0976 e. The van der Waals surface area contributed by atoms with E-state index in [0.29, 0.717) is 0 Å². The standard InChI is InChI=1S/C16H32N.BrH/c1-7-17(8-2,9-3)14-13-16(6)12-10-11-15(4)5;/h11,13H,7-10,12,14H2,1-6H3;1H/q+1;/p-1/b16-13-;. The summed E-state index contributed by atoms with van der Waals surface area (Å²) in [6, 6.07) is 0. The molecule has 0 amide bonds. The Bertz CT molecular complexity index is 250. The van der Waals surface area contributed by atoms with E-state index in [1.807, 2.05) is 0 Å². The largest absolute Gasteiger partial charge is 1.00 e. The molecule has 0 fully saturated rings. The summed E-state index contributed by atoms with van der Waals surface area (Å²) in [5.41, 5.74) is 2.97. The van der Waals surface area contributed by atoms with Gasteiger partial charge < -0.3 is 21.5 Å². The first-order valence-corrected chi connectivity index (χ1v) is 7.13. The van der Waals surface area contributed by atoms with Crippen molar-refractivity contribution in [1.82, 2.24) is 0 Å². The van der Waals surface area contributed by atoms with E-state index in [0.717, 1.165) is 0 Å². The molecule has 108 valence electrons. The summed E-state index contributed by atoms with van der Waals surface area (Å²) in [6.45, 7) is 18.5. The highest BCUT2D eigenvalue weighted by Gasteiger charge is 2.18. The number of halogens is 1. The lowest BCUT2D eigenvalue weighted by atomic mass is 10.1. The second-order valence-corrected chi connectivity index (χ2v) is 5.34. The summed E-state index contributed by atoms with van der Waals surface area (Å²) in [6.07, 6.45) is 7.19. The molecular weight excluding hydrogens is 286 g/mol. The van der Waals surface area contributed by atoms with Gasteiger partial charge in [0, 0.05) is 0 Å². The molecule has 18 heavy (non-hydrogen) atoms.